The highest BCUT2D eigenvalue weighted by molar-refractivity contribution is 5.77. The number of aliphatic hydroxyl groups excluding tert-OH is 1. The Morgan fingerprint density at radius 2 is 1.75 bits per heavy atom. The number of rotatable bonds is 9. The van der Waals surface area contributed by atoms with E-state index in [4.69, 9.17) is 10.5 Å². The summed E-state index contributed by atoms with van der Waals surface area (Å²) in [5, 5.41) is 12.6. The molecule has 0 heterocycles. The minimum atomic E-state index is -4.72. The van der Waals surface area contributed by atoms with Crippen LogP contribution >= 0.6 is 0 Å². The normalized spacial score (nSPS) is 13.2. The molecule has 28 heavy (non-hydrogen) atoms. The maximum absolute atomic E-state index is 12.1. The summed E-state index contributed by atoms with van der Waals surface area (Å²) >= 11 is 0. The number of nitrogens with zero attached hydrogens (tertiary/aromatic N) is 1. The molecule has 0 amide bonds. The summed E-state index contributed by atoms with van der Waals surface area (Å²) in [6.45, 7) is 0.861. The summed E-state index contributed by atoms with van der Waals surface area (Å²) in [6.07, 6.45) is -5.49. The van der Waals surface area contributed by atoms with Crippen molar-refractivity contribution in [3.05, 3.63) is 65.7 Å². The van der Waals surface area contributed by atoms with Crippen molar-refractivity contribution in [3.63, 3.8) is 0 Å². The molecule has 0 saturated carbocycles. The number of ether oxygens (including phenoxy) is 2. The summed E-state index contributed by atoms with van der Waals surface area (Å²) in [6, 6.07) is 14.9. The third-order valence-corrected chi connectivity index (χ3v) is 3.53. The summed E-state index contributed by atoms with van der Waals surface area (Å²) < 4.78 is 45.6. The molecule has 0 aliphatic rings. The minimum absolute atomic E-state index is 0.109. The van der Waals surface area contributed by atoms with E-state index in [0.29, 0.717) is 12.2 Å². The molecule has 0 aliphatic heterocycles. The van der Waals surface area contributed by atoms with E-state index in [1.54, 1.807) is 0 Å². The third kappa shape index (κ3) is 8.74. The van der Waals surface area contributed by atoms with Crippen LogP contribution in [0.15, 0.2) is 59.6 Å². The number of aliphatic hydroxyl groups is 1. The Labute approximate surface area is 160 Å². The minimum Gasteiger partial charge on any atom is -0.406 e. The lowest BCUT2D eigenvalue weighted by molar-refractivity contribution is -0.274. The first-order chi connectivity index (χ1) is 13.3. The fourth-order valence-corrected chi connectivity index (χ4v) is 2.20. The molecule has 0 radical (unpaired) electrons. The number of aliphatic imine (C=N–C) groups is 1. The van der Waals surface area contributed by atoms with Crippen LogP contribution in [-0.4, -0.2) is 36.7 Å². The van der Waals surface area contributed by atoms with Gasteiger partial charge >= 0.3 is 6.36 Å². The molecular weight excluding hydrogens is 375 g/mol. The van der Waals surface area contributed by atoms with Crippen molar-refractivity contribution in [1.82, 2.24) is 5.32 Å². The van der Waals surface area contributed by atoms with Gasteiger partial charge in [-0.1, -0.05) is 42.5 Å². The van der Waals surface area contributed by atoms with Crippen LogP contribution in [0.1, 0.15) is 11.1 Å². The average Bonchev–Trinajstić information content (AvgIpc) is 2.65. The van der Waals surface area contributed by atoms with Crippen molar-refractivity contribution in [3.8, 4) is 5.75 Å². The molecule has 6 nitrogen and oxygen atoms in total. The number of guanidine groups is 1. The van der Waals surface area contributed by atoms with Crippen LogP contribution in [-0.2, 0) is 17.9 Å². The zero-order chi connectivity index (χ0) is 20.4. The van der Waals surface area contributed by atoms with Crippen LogP contribution in [0.3, 0.4) is 0 Å². The fourth-order valence-electron chi connectivity index (χ4n) is 2.20. The van der Waals surface area contributed by atoms with E-state index in [-0.39, 0.29) is 31.4 Å². The maximum atomic E-state index is 12.1. The van der Waals surface area contributed by atoms with Gasteiger partial charge in [-0.05, 0) is 23.3 Å². The first-order valence-electron chi connectivity index (χ1n) is 8.50. The second-order valence-corrected chi connectivity index (χ2v) is 5.93. The lowest BCUT2D eigenvalue weighted by Crippen LogP contribution is -2.39. The number of nitrogens with two attached hydrogens (primary N) is 1. The molecule has 152 valence electrons. The molecule has 9 heteroatoms. The van der Waals surface area contributed by atoms with Gasteiger partial charge < -0.3 is 25.6 Å². The zero-order valence-corrected chi connectivity index (χ0v) is 15.0. The number of alkyl halides is 3. The third-order valence-electron chi connectivity index (χ3n) is 3.53. The zero-order valence-electron chi connectivity index (χ0n) is 15.0. The highest BCUT2D eigenvalue weighted by Crippen LogP contribution is 2.22. The Hall–Kier alpha value is -2.78. The summed E-state index contributed by atoms with van der Waals surface area (Å²) in [5.74, 6) is -0.192. The molecule has 0 spiro atoms. The van der Waals surface area contributed by atoms with E-state index in [0.717, 1.165) is 5.56 Å². The van der Waals surface area contributed by atoms with Crippen LogP contribution in [0.25, 0.3) is 0 Å². The number of nitrogens with one attached hydrogen (secondary N) is 1. The standard InChI is InChI=1S/C19H22F3N3O3/c20-19(21,22)28-17-8-6-14(7-9-17)10-24-18(23)25-11-16(26)13-27-12-15-4-2-1-3-5-15/h1-9,16,26H,10-13H2,(H3,23,24,25). The van der Waals surface area contributed by atoms with E-state index in [1.807, 2.05) is 30.3 Å². The Bertz CT molecular complexity index is 738. The van der Waals surface area contributed by atoms with E-state index in [9.17, 15) is 18.3 Å². The topological polar surface area (TPSA) is 89.1 Å². The lowest BCUT2D eigenvalue weighted by Gasteiger charge is -2.13. The molecule has 2 aromatic rings. The van der Waals surface area contributed by atoms with Crippen molar-refractivity contribution in [2.75, 3.05) is 13.2 Å². The van der Waals surface area contributed by atoms with E-state index < -0.39 is 12.5 Å². The predicted octanol–water partition coefficient (Wildman–Crippen LogP) is 2.57. The molecule has 0 fully saturated rings. The van der Waals surface area contributed by atoms with Crippen LogP contribution in [0.5, 0.6) is 5.75 Å². The highest BCUT2D eigenvalue weighted by atomic mass is 19.4. The van der Waals surface area contributed by atoms with Gasteiger partial charge in [0.05, 0.1) is 25.9 Å². The largest absolute Gasteiger partial charge is 0.573 e. The first-order valence-corrected chi connectivity index (χ1v) is 8.50. The van der Waals surface area contributed by atoms with E-state index >= 15 is 0 Å². The fraction of sp³-hybridized carbons (Fsp3) is 0.316. The second kappa shape index (κ2) is 10.5. The van der Waals surface area contributed by atoms with Gasteiger partial charge in [0.25, 0.3) is 0 Å². The maximum Gasteiger partial charge on any atom is 0.573 e. The molecule has 1 atom stereocenters. The predicted molar refractivity (Wildman–Crippen MR) is 98.6 cm³/mol. The molecule has 0 saturated heterocycles. The van der Waals surface area contributed by atoms with Gasteiger partial charge in [-0.3, -0.25) is 0 Å². The Morgan fingerprint density at radius 1 is 1.07 bits per heavy atom. The number of benzene rings is 2. The van der Waals surface area contributed by atoms with Gasteiger partial charge in [0.15, 0.2) is 5.96 Å². The summed E-state index contributed by atoms with van der Waals surface area (Å²) in [5.41, 5.74) is 7.38. The van der Waals surface area contributed by atoms with Crippen molar-refractivity contribution in [1.29, 1.82) is 0 Å². The summed E-state index contributed by atoms with van der Waals surface area (Å²) in [4.78, 5) is 4.07. The molecule has 2 rings (SSSR count). The number of hydrogen-bond donors (Lipinski definition) is 3. The monoisotopic (exact) mass is 397 g/mol. The number of halogens is 3. The van der Waals surface area contributed by atoms with Gasteiger partial charge in [-0.25, -0.2) is 4.99 Å². The van der Waals surface area contributed by atoms with Crippen molar-refractivity contribution in [2.45, 2.75) is 25.6 Å². The number of hydrogen-bond acceptors (Lipinski definition) is 4. The molecular formula is C19H22F3N3O3. The highest BCUT2D eigenvalue weighted by Gasteiger charge is 2.30. The Kier molecular flexibility index (Phi) is 8.09. The molecule has 1 unspecified atom stereocenters. The molecule has 0 aromatic heterocycles. The van der Waals surface area contributed by atoms with Gasteiger partial charge in [-0.15, -0.1) is 13.2 Å². The lowest BCUT2D eigenvalue weighted by atomic mass is 10.2. The van der Waals surface area contributed by atoms with Crippen LogP contribution in [0, 0.1) is 0 Å². The van der Waals surface area contributed by atoms with Crippen LogP contribution in [0.2, 0.25) is 0 Å². The van der Waals surface area contributed by atoms with E-state index in [2.05, 4.69) is 15.0 Å². The first kappa shape index (κ1) is 21.5. The molecule has 0 aliphatic carbocycles. The van der Waals surface area contributed by atoms with Gasteiger partial charge in [0.2, 0.25) is 0 Å². The second-order valence-electron chi connectivity index (χ2n) is 5.93. The van der Waals surface area contributed by atoms with Crippen molar-refractivity contribution in [2.24, 2.45) is 10.7 Å². The van der Waals surface area contributed by atoms with Gasteiger partial charge in [0.1, 0.15) is 5.75 Å². The smallest absolute Gasteiger partial charge is 0.406 e. The average molecular weight is 397 g/mol. The SMILES string of the molecule is NC(=NCc1ccc(OC(F)(F)F)cc1)NCC(O)COCc1ccccc1. The molecule has 0 bridgehead atoms. The quantitative estimate of drug-likeness (QED) is 0.447. The van der Waals surface area contributed by atoms with Crippen LogP contribution in [0.4, 0.5) is 13.2 Å². The van der Waals surface area contributed by atoms with Crippen molar-refractivity contribution >= 4 is 5.96 Å². The Balaban J connectivity index is 1.67. The van der Waals surface area contributed by atoms with Crippen molar-refractivity contribution < 1.29 is 27.8 Å². The van der Waals surface area contributed by atoms with Gasteiger partial charge in [0, 0.05) is 6.54 Å². The van der Waals surface area contributed by atoms with E-state index in [1.165, 1.54) is 24.3 Å². The van der Waals surface area contributed by atoms with Crippen LogP contribution < -0.4 is 15.8 Å². The molecule has 4 N–H and O–H groups in total. The van der Waals surface area contributed by atoms with Gasteiger partial charge in [-0.2, -0.15) is 0 Å². The molecule has 2 aromatic carbocycles. The Morgan fingerprint density at radius 3 is 2.39 bits per heavy atom. The summed E-state index contributed by atoms with van der Waals surface area (Å²) in [7, 11) is 0.